The standard InChI is InChI=1S/C22H24FN3O2S/c1-3-25(11-15-5-4-6-16(23)10-15)19(27)12-26-13-24-21-20(22(26)28)17-8-7-14(2)9-18(17)29-21/h4-6,10,13-14H,3,7-9,11-12H2,1-2H3/t14-/m1/s1. The van der Waals surface area contributed by atoms with Crippen LogP contribution in [0, 0.1) is 11.7 Å². The Hall–Kier alpha value is -2.54. The van der Waals surface area contributed by atoms with Crippen LogP contribution in [0.2, 0.25) is 0 Å². The van der Waals surface area contributed by atoms with Gasteiger partial charge in [0.1, 0.15) is 17.2 Å². The quantitative estimate of drug-likeness (QED) is 0.640. The van der Waals surface area contributed by atoms with Gasteiger partial charge < -0.3 is 4.90 Å². The van der Waals surface area contributed by atoms with E-state index in [0.717, 1.165) is 35.2 Å². The molecule has 3 aromatic rings. The van der Waals surface area contributed by atoms with Gasteiger partial charge in [-0.1, -0.05) is 19.1 Å². The summed E-state index contributed by atoms with van der Waals surface area (Å²) in [6.07, 6.45) is 4.44. The smallest absolute Gasteiger partial charge is 0.262 e. The van der Waals surface area contributed by atoms with Crippen LogP contribution in [-0.4, -0.2) is 26.9 Å². The van der Waals surface area contributed by atoms with Gasteiger partial charge in [0.05, 0.1) is 11.7 Å². The molecular formula is C22H24FN3O2S. The van der Waals surface area contributed by atoms with Crippen molar-refractivity contribution in [1.82, 2.24) is 14.5 Å². The second-order valence-electron chi connectivity index (χ2n) is 7.75. The van der Waals surface area contributed by atoms with Crippen molar-refractivity contribution in [3.05, 3.63) is 62.8 Å². The normalized spacial score (nSPS) is 16.0. The number of hydrogen-bond donors (Lipinski definition) is 0. The Morgan fingerprint density at radius 1 is 1.41 bits per heavy atom. The molecule has 1 aromatic carbocycles. The molecule has 29 heavy (non-hydrogen) atoms. The lowest BCUT2D eigenvalue weighted by Gasteiger charge is -2.21. The van der Waals surface area contributed by atoms with Crippen molar-refractivity contribution >= 4 is 27.5 Å². The molecule has 0 fully saturated rings. The Labute approximate surface area is 172 Å². The number of nitrogens with zero attached hydrogens (tertiary/aromatic N) is 3. The van der Waals surface area contributed by atoms with Crippen LogP contribution in [0.1, 0.15) is 36.3 Å². The van der Waals surface area contributed by atoms with Crippen molar-refractivity contribution in [1.29, 1.82) is 0 Å². The fourth-order valence-electron chi connectivity index (χ4n) is 3.96. The van der Waals surface area contributed by atoms with Gasteiger partial charge in [0, 0.05) is 18.0 Å². The van der Waals surface area contributed by atoms with E-state index in [-0.39, 0.29) is 23.8 Å². The number of likely N-dealkylation sites (N-methyl/N-ethyl adjacent to an activating group) is 1. The van der Waals surface area contributed by atoms with E-state index in [1.54, 1.807) is 28.4 Å². The maximum Gasteiger partial charge on any atom is 0.262 e. The number of carbonyl (C=O) groups excluding carboxylic acids is 1. The first-order valence-electron chi connectivity index (χ1n) is 9.98. The number of aromatic nitrogens is 2. The van der Waals surface area contributed by atoms with Crippen molar-refractivity contribution in [2.75, 3.05) is 6.54 Å². The molecule has 0 N–H and O–H groups in total. The van der Waals surface area contributed by atoms with Gasteiger partial charge in [0.25, 0.3) is 5.56 Å². The van der Waals surface area contributed by atoms with E-state index in [0.29, 0.717) is 24.4 Å². The van der Waals surface area contributed by atoms with Gasteiger partial charge in [-0.2, -0.15) is 0 Å². The SMILES string of the molecule is CCN(Cc1cccc(F)c1)C(=O)Cn1cnc2sc3c(c2c1=O)CC[C@@H](C)C3. The summed E-state index contributed by atoms with van der Waals surface area (Å²) in [7, 11) is 0. The number of aryl methyl sites for hydroxylation is 1. The highest BCUT2D eigenvalue weighted by atomic mass is 32.1. The first-order chi connectivity index (χ1) is 14.0. The lowest BCUT2D eigenvalue weighted by molar-refractivity contribution is -0.132. The molecule has 2 aromatic heterocycles. The van der Waals surface area contributed by atoms with Gasteiger partial charge in [-0.25, -0.2) is 9.37 Å². The molecule has 4 rings (SSSR count). The van der Waals surface area contributed by atoms with Crippen LogP contribution < -0.4 is 5.56 Å². The third-order valence-corrected chi connectivity index (χ3v) is 6.75. The van der Waals surface area contributed by atoms with E-state index < -0.39 is 0 Å². The third-order valence-electron chi connectivity index (χ3n) is 5.58. The van der Waals surface area contributed by atoms with Gasteiger partial charge in [-0.3, -0.25) is 14.2 Å². The molecule has 1 aliphatic carbocycles. The molecule has 7 heteroatoms. The van der Waals surface area contributed by atoms with Crippen LogP contribution in [0.25, 0.3) is 10.2 Å². The first-order valence-corrected chi connectivity index (χ1v) is 10.8. The Morgan fingerprint density at radius 2 is 2.24 bits per heavy atom. The van der Waals surface area contributed by atoms with Crippen LogP contribution >= 0.6 is 11.3 Å². The largest absolute Gasteiger partial charge is 0.337 e. The minimum absolute atomic E-state index is 0.0635. The second kappa shape index (κ2) is 8.06. The van der Waals surface area contributed by atoms with Gasteiger partial charge >= 0.3 is 0 Å². The summed E-state index contributed by atoms with van der Waals surface area (Å²) in [5.41, 5.74) is 1.70. The van der Waals surface area contributed by atoms with Crippen molar-refractivity contribution in [3.63, 3.8) is 0 Å². The highest BCUT2D eigenvalue weighted by Crippen LogP contribution is 2.35. The van der Waals surface area contributed by atoms with Crippen LogP contribution in [0.5, 0.6) is 0 Å². The summed E-state index contributed by atoms with van der Waals surface area (Å²) >= 11 is 1.60. The molecule has 5 nitrogen and oxygen atoms in total. The fourth-order valence-corrected chi connectivity index (χ4v) is 5.30. The zero-order valence-corrected chi connectivity index (χ0v) is 17.5. The summed E-state index contributed by atoms with van der Waals surface area (Å²) in [4.78, 5) is 34.1. The number of hydrogen-bond acceptors (Lipinski definition) is 4. The van der Waals surface area contributed by atoms with Crippen LogP contribution in [-0.2, 0) is 30.7 Å². The number of carbonyl (C=O) groups is 1. The summed E-state index contributed by atoms with van der Waals surface area (Å²) < 4.78 is 14.9. The molecule has 152 valence electrons. The predicted octanol–water partition coefficient (Wildman–Crippen LogP) is 3.77. The van der Waals surface area contributed by atoms with Crippen molar-refractivity contribution < 1.29 is 9.18 Å². The summed E-state index contributed by atoms with van der Waals surface area (Å²) in [5, 5.41) is 0.681. The Balaban J connectivity index is 1.59. The maximum atomic E-state index is 13.4. The average molecular weight is 414 g/mol. The molecule has 2 heterocycles. The number of fused-ring (bicyclic) bond motifs is 3. The van der Waals surface area contributed by atoms with Crippen LogP contribution in [0.4, 0.5) is 4.39 Å². The number of halogens is 1. The molecule has 1 amide bonds. The number of benzene rings is 1. The van der Waals surface area contributed by atoms with E-state index in [1.165, 1.54) is 27.9 Å². The molecular weight excluding hydrogens is 389 g/mol. The monoisotopic (exact) mass is 413 g/mol. The Bertz CT molecular complexity index is 1120. The molecule has 0 radical (unpaired) electrons. The van der Waals surface area contributed by atoms with E-state index in [1.807, 2.05) is 6.92 Å². The fraction of sp³-hybridized carbons (Fsp3) is 0.409. The molecule has 0 unspecified atom stereocenters. The second-order valence-corrected chi connectivity index (χ2v) is 8.83. The van der Waals surface area contributed by atoms with Crippen LogP contribution in [0.3, 0.4) is 0 Å². The van der Waals surface area contributed by atoms with E-state index >= 15 is 0 Å². The summed E-state index contributed by atoms with van der Waals surface area (Å²) in [5.74, 6) is 0.117. The van der Waals surface area contributed by atoms with Gasteiger partial charge in [-0.05, 0) is 55.4 Å². The van der Waals surface area contributed by atoms with E-state index in [2.05, 4.69) is 11.9 Å². The molecule has 0 spiro atoms. The maximum absolute atomic E-state index is 13.4. The molecule has 0 saturated heterocycles. The minimum Gasteiger partial charge on any atom is -0.337 e. The number of thiophene rings is 1. The summed E-state index contributed by atoms with van der Waals surface area (Å²) in [6.45, 7) is 4.83. The predicted molar refractivity (Wildman–Crippen MR) is 113 cm³/mol. The van der Waals surface area contributed by atoms with Gasteiger partial charge in [0.2, 0.25) is 5.91 Å². The van der Waals surface area contributed by atoms with Crippen molar-refractivity contribution in [3.8, 4) is 0 Å². The van der Waals surface area contributed by atoms with Gasteiger partial charge in [0.15, 0.2) is 0 Å². The number of amides is 1. The minimum atomic E-state index is -0.326. The third kappa shape index (κ3) is 3.96. The van der Waals surface area contributed by atoms with Gasteiger partial charge in [-0.15, -0.1) is 11.3 Å². The molecule has 0 bridgehead atoms. The zero-order chi connectivity index (χ0) is 20.5. The Kier molecular flexibility index (Phi) is 5.50. The lowest BCUT2D eigenvalue weighted by atomic mass is 9.89. The molecule has 0 saturated carbocycles. The van der Waals surface area contributed by atoms with E-state index in [4.69, 9.17) is 0 Å². The first kappa shape index (κ1) is 19.8. The van der Waals surface area contributed by atoms with E-state index in [9.17, 15) is 14.0 Å². The molecule has 1 atom stereocenters. The highest BCUT2D eigenvalue weighted by molar-refractivity contribution is 7.18. The highest BCUT2D eigenvalue weighted by Gasteiger charge is 2.24. The summed E-state index contributed by atoms with van der Waals surface area (Å²) in [6, 6.07) is 6.22. The van der Waals surface area contributed by atoms with Crippen molar-refractivity contribution in [2.24, 2.45) is 5.92 Å². The molecule has 1 aliphatic rings. The topological polar surface area (TPSA) is 55.2 Å². The van der Waals surface area contributed by atoms with Crippen LogP contribution in [0.15, 0.2) is 35.4 Å². The Morgan fingerprint density at radius 3 is 3.00 bits per heavy atom. The number of rotatable bonds is 5. The lowest BCUT2D eigenvalue weighted by Crippen LogP contribution is -2.36. The average Bonchev–Trinajstić information content (AvgIpc) is 3.06. The van der Waals surface area contributed by atoms with Crippen molar-refractivity contribution in [2.45, 2.75) is 46.2 Å². The molecule has 0 aliphatic heterocycles. The zero-order valence-electron chi connectivity index (χ0n) is 16.7.